The van der Waals surface area contributed by atoms with Crippen LogP contribution in [-0.2, 0) is 59.0 Å². The third-order valence-corrected chi connectivity index (χ3v) is 20.3. The van der Waals surface area contributed by atoms with Crippen LogP contribution in [-0.4, -0.2) is 156 Å². The van der Waals surface area contributed by atoms with E-state index in [1.54, 1.807) is 0 Å². The topological polar surface area (TPSA) is 487 Å². The van der Waals surface area contributed by atoms with Gasteiger partial charge in [0.15, 0.2) is 35.1 Å². The van der Waals surface area contributed by atoms with Gasteiger partial charge in [0.1, 0.15) is 101 Å². The zero-order chi connectivity index (χ0) is 79.4. The molecule has 14 rings (SSSR count). The summed E-state index contributed by atoms with van der Waals surface area (Å²) in [7, 11) is 2.41. The molecular formula is C77H78Cl2N8O24. The van der Waals surface area contributed by atoms with E-state index in [2.05, 4.69) is 49.5 Å². The fraction of sp³-hybridized carbons (Fsp3) is 0.338. The zero-order valence-electron chi connectivity index (χ0n) is 59.5. The third-order valence-electron chi connectivity index (χ3n) is 19.6. The van der Waals surface area contributed by atoms with Crippen molar-refractivity contribution in [2.24, 2.45) is 0 Å². The van der Waals surface area contributed by atoms with Gasteiger partial charge in [-0.3, -0.25) is 33.6 Å². The summed E-state index contributed by atoms with van der Waals surface area (Å²) in [6.07, 6.45) is -4.03. The van der Waals surface area contributed by atoms with Crippen molar-refractivity contribution in [3.8, 4) is 80.1 Å². The number of aliphatic carboxylic acids is 1. The van der Waals surface area contributed by atoms with Crippen LogP contribution < -0.4 is 61.5 Å². The predicted molar refractivity (Wildman–Crippen MR) is 391 cm³/mol. The first-order chi connectivity index (χ1) is 53.1. The lowest BCUT2D eigenvalue weighted by Crippen LogP contribution is -2.66. The number of methoxy groups -OCH3 is 1. The number of phenolic OH excluding ortho intramolecular Hbond substituents is 5. The van der Waals surface area contributed by atoms with Gasteiger partial charge in [0, 0.05) is 47.2 Å². The normalized spacial score (nSPS) is 23.7. The Kier molecular flexibility index (Phi) is 23.9. The second kappa shape index (κ2) is 33.7. The van der Waals surface area contributed by atoms with Gasteiger partial charge in [0.05, 0.1) is 17.2 Å². The highest BCUT2D eigenvalue weighted by atomic mass is 35.5. The number of aliphatic hydroxyl groups excluding tert-OH is 3. The Balaban J connectivity index is 1.10. The van der Waals surface area contributed by atoms with E-state index in [1.807, 2.05) is 0 Å². The lowest BCUT2D eigenvalue weighted by atomic mass is 9.89. The second-order valence-electron chi connectivity index (χ2n) is 27.2. The lowest BCUT2D eigenvalue weighted by Gasteiger charge is -2.41. The number of esters is 1. The summed E-state index contributed by atoms with van der Waals surface area (Å²) in [6.45, 7) is 2.10. The van der Waals surface area contributed by atoms with Gasteiger partial charge >= 0.3 is 11.9 Å². The number of carboxylic acid groups (broad SMARTS) is 1. The molecule has 0 spiro atoms. The number of benzene rings is 7. The summed E-state index contributed by atoms with van der Waals surface area (Å²) in [5.41, 5.74) is -2.57. The van der Waals surface area contributed by atoms with Gasteiger partial charge in [0.2, 0.25) is 53.4 Å². The van der Waals surface area contributed by atoms with Gasteiger partial charge in [-0.1, -0.05) is 105 Å². The van der Waals surface area contributed by atoms with Crippen LogP contribution in [0.1, 0.15) is 140 Å². The quantitative estimate of drug-likeness (QED) is 0.0382. The maximum atomic E-state index is 16.4. The highest BCUT2D eigenvalue weighted by Crippen LogP contribution is 2.50. The number of nitrogens with one attached hydrogen (secondary N) is 8. The van der Waals surface area contributed by atoms with Crippen LogP contribution in [0.15, 0.2) is 115 Å². The molecule has 34 heteroatoms. The fourth-order valence-electron chi connectivity index (χ4n) is 13.8. The number of aliphatic hydroxyl groups is 3. The number of phenols is 5. The maximum Gasteiger partial charge on any atom is 0.337 e. The lowest BCUT2D eigenvalue weighted by molar-refractivity contribution is -0.242. The van der Waals surface area contributed by atoms with Crippen molar-refractivity contribution >= 4 is 76.5 Å². The Morgan fingerprint density at radius 2 is 1.19 bits per heavy atom. The number of halogens is 2. The minimum atomic E-state index is -2.37. The minimum Gasteiger partial charge on any atom is -0.508 e. The average Bonchev–Trinajstić information content (AvgIpc) is 0.767. The molecule has 32 nitrogen and oxygen atoms in total. The molecule has 7 heterocycles. The summed E-state index contributed by atoms with van der Waals surface area (Å²) in [4.78, 5) is 134. The van der Waals surface area contributed by atoms with Crippen LogP contribution in [0.4, 0.5) is 0 Å². The number of unbranched alkanes of at least 4 members (excludes halogenated alkanes) is 7. The minimum absolute atomic E-state index is 0.0939. The molecule has 0 unspecified atom stereocenters. The Labute approximate surface area is 642 Å². The number of carboxylic acids is 1. The first kappa shape index (κ1) is 78.9. The van der Waals surface area contributed by atoms with E-state index in [9.17, 15) is 69.9 Å². The van der Waals surface area contributed by atoms with Gasteiger partial charge in [-0.25, -0.2) is 9.59 Å². The van der Waals surface area contributed by atoms with Crippen LogP contribution in [0.5, 0.6) is 69.0 Å². The van der Waals surface area contributed by atoms with Gasteiger partial charge < -0.3 is 117 Å². The van der Waals surface area contributed by atoms with E-state index in [4.69, 9.17) is 51.6 Å². The smallest absolute Gasteiger partial charge is 0.337 e. The van der Waals surface area contributed by atoms with Gasteiger partial charge in [0.25, 0.3) is 0 Å². The molecule has 111 heavy (non-hydrogen) atoms. The monoisotopic (exact) mass is 1570 g/mol. The molecule has 0 radical (unpaired) electrons. The number of hydrogen-bond donors (Lipinski definition) is 17. The summed E-state index contributed by atoms with van der Waals surface area (Å²) in [6, 6.07) is 6.02. The number of amides is 7. The average molecular weight is 1570 g/mol. The van der Waals surface area contributed by atoms with E-state index >= 15 is 19.2 Å². The molecule has 7 aliphatic rings. The molecule has 17 bridgehead atoms. The zero-order valence-corrected chi connectivity index (χ0v) is 61.0. The number of carbonyl (C=O) groups excluding carboxylic acids is 8. The molecule has 0 aliphatic carbocycles. The largest absolute Gasteiger partial charge is 0.508 e. The summed E-state index contributed by atoms with van der Waals surface area (Å²) >= 11 is 14.1. The van der Waals surface area contributed by atoms with Gasteiger partial charge in [-0.05, 0) is 114 Å². The van der Waals surface area contributed by atoms with Gasteiger partial charge in [-0.2, -0.15) is 0 Å². The molecule has 0 aromatic heterocycles. The molecule has 13 atom stereocenters. The summed E-state index contributed by atoms with van der Waals surface area (Å²) in [5, 5.41) is 124. The number of likely N-dealkylation sites (N-methyl/N-ethyl adjacent to an activating group) is 1. The molecule has 7 aromatic carbocycles. The molecule has 1 saturated heterocycles. The van der Waals surface area contributed by atoms with Crippen molar-refractivity contribution in [1.29, 1.82) is 0 Å². The van der Waals surface area contributed by atoms with Gasteiger partial charge in [-0.15, -0.1) is 0 Å². The van der Waals surface area contributed by atoms with E-state index in [1.165, 1.54) is 49.5 Å². The highest BCUT2D eigenvalue weighted by Gasteiger charge is 2.51. The van der Waals surface area contributed by atoms with Crippen molar-refractivity contribution in [2.75, 3.05) is 14.2 Å². The van der Waals surface area contributed by atoms with Crippen LogP contribution in [0.2, 0.25) is 10.0 Å². The van der Waals surface area contributed by atoms with E-state index in [-0.39, 0.29) is 52.5 Å². The summed E-state index contributed by atoms with van der Waals surface area (Å²) in [5.74, 6) is -17.7. The van der Waals surface area contributed by atoms with Crippen LogP contribution in [0.3, 0.4) is 0 Å². The Morgan fingerprint density at radius 3 is 1.88 bits per heavy atom. The Morgan fingerprint density at radius 1 is 0.559 bits per heavy atom. The van der Waals surface area contributed by atoms with E-state index < -0.39 is 216 Å². The predicted octanol–water partition coefficient (Wildman–Crippen LogP) is 6.55. The first-order valence-electron chi connectivity index (χ1n) is 35.4. The Bertz CT molecular complexity index is 4820. The molecule has 17 N–H and O–H groups in total. The SMILES string of the molecule is CCCCCCCCCCC(=O)N[C@H]1[C@H](Oc2c3cc4cc2Oc2ccc(cc2Cl)[C@@H](O)[C@@H]2NC(=O)[C@H](NC(=O)[C@@H]4NC(=O)[C@H]4NC(=O)[C@@H](Cc5ccc(cc5)O3)NC(=O)[C@@H](NC)c3ccc(O)c(c3)Oc3cc(O)c(Cl)c4c3)c3ccc(O)c(c3)-c3c(O)cc(O)cc3[C@H](C(=O)O)NC2=O)O[C@H](C(=O)OC)[C@@H](O)[C@@H]1O. The van der Waals surface area contributed by atoms with Crippen molar-refractivity contribution < 1.29 is 118 Å². The molecule has 7 aromatic rings. The van der Waals surface area contributed by atoms with Crippen molar-refractivity contribution in [3.05, 3.63) is 164 Å². The molecule has 7 aliphatic heterocycles. The van der Waals surface area contributed by atoms with Crippen molar-refractivity contribution in [1.82, 2.24) is 42.5 Å². The number of hydrogen-bond acceptors (Lipinski definition) is 24. The number of carbonyl (C=O) groups is 9. The van der Waals surface area contributed by atoms with E-state index in [0.717, 1.165) is 118 Å². The number of aromatic hydroxyl groups is 5. The number of rotatable bonds is 15. The maximum absolute atomic E-state index is 16.4. The van der Waals surface area contributed by atoms with Crippen LogP contribution in [0.25, 0.3) is 11.1 Å². The van der Waals surface area contributed by atoms with Crippen LogP contribution >= 0.6 is 23.2 Å². The molecule has 1 fully saturated rings. The van der Waals surface area contributed by atoms with E-state index in [0.29, 0.717) is 18.4 Å². The second-order valence-corrected chi connectivity index (χ2v) is 27.9. The number of ether oxygens (including phenoxy) is 6. The molecule has 0 saturated carbocycles. The Hall–Kier alpha value is -11.7. The first-order valence-corrected chi connectivity index (χ1v) is 36.2. The third kappa shape index (κ3) is 17.1. The molecule has 584 valence electrons. The van der Waals surface area contributed by atoms with Crippen molar-refractivity contribution in [2.45, 2.75) is 150 Å². The fourth-order valence-corrected chi connectivity index (χ4v) is 14.3. The highest BCUT2D eigenvalue weighted by molar-refractivity contribution is 6.33. The van der Waals surface area contributed by atoms with Crippen molar-refractivity contribution in [3.63, 3.8) is 0 Å². The standard InChI is InChI=1S/C77H78Cl2N8O24/c1-4-5-6-7-8-9-10-11-12-54(93)82-63-65(95)66(96)68(76(105)106-3)111-77(63)110-67-52-27-37-28-53(67)109-50-22-17-36(25-44(50)78)64(94)62-74(102)86-61(75(103)104)42-29-38(88)30-48(91)55(42)41-24-34(15-20-46(41)89)58(71(99)87-62)83-72(100)59(37)84-73(101)60-43-31-40(32-49(92)56(43)79)108-51-26-35(16-21-47(51)90)57(80-2)70(98)81-45(69(97)85-60)23-33-13-18-39(107-52)19-14-33/h13-22,24-32,45,57-66,68,77,80,88-92,94-96H,4-12,23H2,1-3H3,(H,81,98)(H,82,93)(H,83,100)(H,84,101)(H,85,97)(H,86,102)(H,87,99)(H,103,104)/t45-,57+,58-,59-,60+,61-,62+,63-,64-,65-,66+,68+,77-/m1/s1. The number of fused-ring (bicyclic) bond motifs is 14. The van der Waals surface area contributed by atoms with Crippen LogP contribution in [0, 0.1) is 0 Å². The molecular weight excluding hydrogens is 1490 g/mol. The molecule has 7 amide bonds. The summed E-state index contributed by atoms with van der Waals surface area (Å²) < 4.78 is 37.5.